The van der Waals surface area contributed by atoms with Crippen molar-refractivity contribution >= 4 is 0 Å². The van der Waals surface area contributed by atoms with Crippen molar-refractivity contribution in [3.8, 4) is 23.0 Å². The van der Waals surface area contributed by atoms with Gasteiger partial charge in [-0.1, -0.05) is 36.4 Å². The smallest absolute Gasteiger partial charge is 0.200 e. The number of ether oxygens (including phenoxy) is 6. The fourth-order valence-electron chi connectivity index (χ4n) is 2.97. The molecule has 0 bridgehead atoms. The SMILES string of the molecule is COc1ccc(C(OC(C)Oc2ccccc2)OC(C)Oc2ccccc2)cc1OC. The van der Waals surface area contributed by atoms with Crippen molar-refractivity contribution in [1.82, 2.24) is 0 Å². The van der Waals surface area contributed by atoms with E-state index in [1.807, 2.05) is 86.6 Å². The summed E-state index contributed by atoms with van der Waals surface area (Å²) < 4.78 is 34.7. The van der Waals surface area contributed by atoms with Crippen molar-refractivity contribution in [3.63, 3.8) is 0 Å². The maximum absolute atomic E-state index is 6.10. The molecule has 0 aliphatic rings. The van der Waals surface area contributed by atoms with Gasteiger partial charge in [-0.25, -0.2) is 0 Å². The highest BCUT2D eigenvalue weighted by Crippen LogP contribution is 2.33. The van der Waals surface area contributed by atoms with Gasteiger partial charge in [-0.05, 0) is 56.3 Å². The zero-order valence-electron chi connectivity index (χ0n) is 18.2. The summed E-state index contributed by atoms with van der Waals surface area (Å²) in [5.41, 5.74) is 0.740. The first-order chi connectivity index (χ1) is 15.1. The molecule has 0 N–H and O–H groups in total. The fourth-order valence-corrected chi connectivity index (χ4v) is 2.97. The Kier molecular flexibility index (Phi) is 8.15. The first-order valence-corrected chi connectivity index (χ1v) is 10.0. The predicted octanol–water partition coefficient (Wildman–Crippen LogP) is 5.59. The van der Waals surface area contributed by atoms with Gasteiger partial charge in [-0.15, -0.1) is 0 Å². The maximum atomic E-state index is 6.10. The molecule has 0 aliphatic carbocycles. The van der Waals surface area contributed by atoms with Crippen LogP contribution in [0.3, 0.4) is 0 Å². The van der Waals surface area contributed by atoms with Gasteiger partial charge in [0.15, 0.2) is 30.4 Å². The van der Waals surface area contributed by atoms with Gasteiger partial charge in [-0.3, -0.25) is 0 Å². The highest BCUT2D eigenvalue weighted by atomic mass is 16.8. The highest BCUT2D eigenvalue weighted by Gasteiger charge is 2.23. The Bertz CT molecular complexity index is 866. The Morgan fingerprint density at radius 1 is 0.581 bits per heavy atom. The lowest BCUT2D eigenvalue weighted by Crippen LogP contribution is -2.26. The molecule has 6 heteroatoms. The maximum Gasteiger partial charge on any atom is 0.200 e. The lowest BCUT2D eigenvalue weighted by Gasteiger charge is -2.27. The van der Waals surface area contributed by atoms with Gasteiger partial charge in [0.1, 0.15) is 11.5 Å². The molecule has 31 heavy (non-hydrogen) atoms. The number of methoxy groups -OCH3 is 2. The van der Waals surface area contributed by atoms with Crippen LogP contribution in [0.15, 0.2) is 78.9 Å². The Morgan fingerprint density at radius 2 is 1.06 bits per heavy atom. The van der Waals surface area contributed by atoms with Crippen molar-refractivity contribution in [2.75, 3.05) is 14.2 Å². The predicted molar refractivity (Wildman–Crippen MR) is 118 cm³/mol. The second-order valence-corrected chi connectivity index (χ2v) is 6.72. The molecule has 0 aromatic heterocycles. The van der Waals surface area contributed by atoms with Gasteiger partial charge in [-0.2, -0.15) is 0 Å². The summed E-state index contributed by atoms with van der Waals surface area (Å²) in [6.45, 7) is 3.62. The molecule has 3 rings (SSSR count). The van der Waals surface area contributed by atoms with Crippen LogP contribution in [0.25, 0.3) is 0 Å². The van der Waals surface area contributed by atoms with E-state index in [2.05, 4.69) is 0 Å². The molecular formula is C25H28O6. The third-order valence-electron chi connectivity index (χ3n) is 4.40. The Morgan fingerprint density at radius 3 is 1.52 bits per heavy atom. The molecule has 2 atom stereocenters. The number of benzene rings is 3. The van der Waals surface area contributed by atoms with Crippen LogP contribution in [-0.4, -0.2) is 26.8 Å². The second-order valence-electron chi connectivity index (χ2n) is 6.72. The molecule has 0 aliphatic heterocycles. The average Bonchev–Trinajstić information content (AvgIpc) is 2.79. The molecule has 0 radical (unpaired) electrons. The van der Waals surface area contributed by atoms with E-state index in [0.29, 0.717) is 23.0 Å². The summed E-state index contributed by atoms with van der Waals surface area (Å²) in [6.07, 6.45) is -1.92. The number of rotatable bonds is 11. The standard InChI is InChI=1S/C25H28O6/c1-18(28-21-11-7-5-8-12-21)30-25(20-15-16-23(26-3)24(17-20)27-4)31-19(2)29-22-13-9-6-10-14-22/h5-19,25H,1-4H3. The number of hydrogen-bond donors (Lipinski definition) is 0. The van der Waals surface area contributed by atoms with E-state index in [-0.39, 0.29) is 0 Å². The minimum atomic E-state index is -0.766. The van der Waals surface area contributed by atoms with Crippen molar-refractivity contribution < 1.29 is 28.4 Å². The summed E-state index contributed by atoms with van der Waals surface area (Å²) in [5, 5.41) is 0. The summed E-state index contributed by atoms with van der Waals surface area (Å²) in [5.74, 6) is 2.60. The van der Waals surface area contributed by atoms with Crippen molar-refractivity contribution in [1.29, 1.82) is 0 Å². The molecule has 0 saturated heterocycles. The lowest BCUT2D eigenvalue weighted by atomic mass is 10.2. The number of para-hydroxylation sites is 2. The molecule has 164 valence electrons. The van der Waals surface area contributed by atoms with Crippen LogP contribution >= 0.6 is 0 Å². The molecular weight excluding hydrogens is 396 g/mol. The molecule has 0 saturated carbocycles. The topological polar surface area (TPSA) is 55.4 Å². The third-order valence-corrected chi connectivity index (χ3v) is 4.40. The first-order valence-electron chi connectivity index (χ1n) is 10.0. The van der Waals surface area contributed by atoms with E-state index in [4.69, 9.17) is 28.4 Å². The van der Waals surface area contributed by atoms with E-state index in [1.165, 1.54) is 0 Å². The fraction of sp³-hybridized carbons (Fsp3) is 0.280. The Balaban J connectivity index is 1.77. The summed E-state index contributed by atoms with van der Waals surface area (Å²) in [4.78, 5) is 0. The van der Waals surface area contributed by atoms with Crippen LogP contribution in [0.2, 0.25) is 0 Å². The third kappa shape index (κ3) is 6.64. The van der Waals surface area contributed by atoms with Crippen LogP contribution in [0.5, 0.6) is 23.0 Å². The summed E-state index contributed by atoms with van der Waals surface area (Å²) in [6, 6.07) is 24.4. The summed E-state index contributed by atoms with van der Waals surface area (Å²) >= 11 is 0. The van der Waals surface area contributed by atoms with E-state index >= 15 is 0 Å². The van der Waals surface area contributed by atoms with Crippen molar-refractivity contribution in [2.24, 2.45) is 0 Å². The van der Waals surface area contributed by atoms with E-state index in [1.54, 1.807) is 20.3 Å². The van der Waals surface area contributed by atoms with Crippen LogP contribution in [0.1, 0.15) is 25.7 Å². The van der Waals surface area contributed by atoms with E-state index < -0.39 is 18.9 Å². The van der Waals surface area contributed by atoms with E-state index in [9.17, 15) is 0 Å². The zero-order valence-corrected chi connectivity index (χ0v) is 18.2. The van der Waals surface area contributed by atoms with Crippen molar-refractivity contribution in [3.05, 3.63) is 84.4 Å². The van der Waals surface area contributed by atoms with Gasteiger partial charge in [0, 0.05) is 5.56 Å². The molecule has 0 amide bonds. The Hall–Kier alpha value is -3.22. The van der Waals surface area contributed by atoms with Gasteiger partial charge in [0.05, 0.1) is 14.2 Å². The quantitative estimate of drug-likeness (QED) is 0.374. The largest absolute Gasteiger partial charge is 0.493 e. The molecule has 6 nitrogen and oxygen atoms in total. The lowest BCUT2D eigenvalue weighted by molar-refractivity contribution is -0.260. The molecule has 3 aromatic rings. The number of hydrogen-bond acceptors (Lipinski definition) is 6. The van der Waals surface area contributed by atoms with Gasteiger partial charge in [0.25, 0.3) is 0 Å². The Labute approximate surface area is 183 Å². The van der Waals surface area contributed by atoms with Crippen LogP contribution < -0.4 is 18.9 Å². The average molecular weight is 424 g/mol. The molecule has 0 spiro atoms. The van der Waals surface area contributed by atoms with Crippen LogP contribution in [0, 0.1) is 0 Å². The summed E-state index contributed by atoms with van der Waals surface area (Å²) in [7, 11) is 3.17. The monoisotopic (exact) mass is 424 g/mol. The minimum absolute atomic E-state index is 0.575. The molecule has 0 fully saturated rings. The zero-order chi connectivity index (χ0) is 22.1. The minimum Gasteiger partial charge on any atom is -0.493 e. The molecule has 0 heterocycles. The van der Waals surface area contributed by atoms with Crippen LogP contribution in [-0.2, 0) is 9.47 Å². The van der Waals surface area contributed by atoms with E-state index in [0.717, 1.165) is 5.56 Å². The van der Waals surface area contributed by atoms with Gasteiger partial charge < -0.3 is 28.4 Å². The molecule has 2 unspecified atom stereocenters. The van der Waals surface area contributed by atoms with Crippen molar-refractivity contribution in [2.45, 2.75) is 32.7 Å². The highest BCUT2D eigenvalue weighted by molar-refractivity contribution is 5.43. The second kappa shape index (κ2) is 11.2. The van der Waals surface area contributed by atoms with Gasteiger partial charge in [0.2, 0.25) is 0 Å². The first kappa shape index (κ1) is 22.5. The van der Waals surface area contributed by atoms with Crippen LogP contribution in [0.4, 0.5) is 0 Å². The molecule has 3 aromatic carbocycles. The normalized spacial score (nSPS) is 13.7. The van der Waals surface area contributed by atoms with Gasteiger partial charge >= 0.3 is 0 Å².